The summed E-state index contributed by atoms with van der Waals surface area (Å²) in [5.41, 5.74) is 3.68. The molecule has 28 heteroatoms. The molecule has 13 rings (SSSR count). The number of hydrogen-bond donors (Lipinski definition) is 2. The van der Waals surface area contributed by atoms with Gasteiger partial charge in [0.05, 0.1) is 102 Å². The number of carbonyl (C=O) groups is 4. The molecule has 25 nitrogen and oxygen atoms in total. The van der Waals surface area contributed by atoms with Crippen molar-refractivity contribution in [3.63, 3.8) is 0 Å². The number of allylic oxidation sites excluding steroid dienone is 1. The van der Waals surface area contributed by atoms with Crippen molar-refractivity contribution in [2.24, 2.45) is 10.8 Å². The number of halogens is 3. The Morgan fingerprint density at radius 2 is 0.652 bits per heavy atom. The zero-order valence-corrected chi connectivity index (χ0v) is 77.2. The van der Waals surface area contributed by atoms with Gasteiger partial charge in [-0.3, -0.25) is 14.4 Å². The first-order valence-electron chi connectivity index (χ1n) is 44.5. The predicted molar refractivity (Wildman–Crippen MR) is 492 cm³/mol. The Kier molecular flexibility index (Phi) is 37.9. The first-order chi connectivity index (χ1) is 63.9. The third-order valence-corrected chi connectivity index (χ3v) is 22.9. The Hall–Kier alpha value is -9.21. The highest BCUT2D eigenvalue weighted by Gasteiger charge is 2.61. The quantitative estimate of drug-likeness (QED) is 0.0118. The number of hydrogen-bond acceptors (Lipinski definition) is 24. The lowest BCUT2D eigenvalue weighted by molar-refractivity contribution is -0.388. The van der Waals surface area contributed by atoms with Crippen LogP contribution in [0.15, 0.2) is 286 Å². The van der Waals surface area contributed by atoms with Crippen LogP contribution in [0.2, 0.25) is 0 Å². The van der Waals surface area contributed by atoms with Gasteiger partial charge < -0.3 is 100 Å². The van der Waals surface area contributed by atoms with E-state index in [1.165, 1.54) is 12.1 Å². The standard InChI is InChI=1S/C104H118Cl3NO24/c1-8-9-37-56-118-97-92(131-100(112)102(2,3)4)90(122-64-76-52-33-17-34-53-76)87(81(125-97)68-117-60-72-44-25-13-26-45-72)129-98-93(132-101(113)103(5,6)7)91(85(120-62-74-48-29-15-30-49-74)79(126-98)66-115-58-70-40-21-11-22-41-70)130-95-82(108-99(111)104(105,106)107)88(127-94(110)77-54-35-18-36-55-77)86(80(123-95)67-116-59-71-42-23-12-24-43-71)128-96-83(109)89(121-63-75-50-31-16-32-51-75)84(119-61-73-46-27-14-28-47-73)78(124-96)65-114-57-69-38-19-10-20-39-69/h8,10-36,38-55,78-93,95-98,109H,1,9,37,56-68H2,2-7H3,(H,108,111)/t78-,79-,80-,81-,82-,83-,84+,85+,86-,87-,88-,89-,90+,91+,92-,93-,95+,96+,97-,98+/m1/s1. The maximum Gasteiger partial charge on any atom is 0.338 e. The molecule has 0 unspecified atom stereocenters. The summed E-state index contributed by atoms with van der Waals surface area (Å²) < 4.78 is 132. The van der Waals surface area contributed by atoms with Gasteiger partial charge >= 0.3 is 17.9 Å². The van der Waals surface area contributed by atoms with E-state index < -0.39 is 168 Å². The molecule has 0 bridgehead atoms. The fourth-order valence-corrected chi connectivity index (χ4v) is 15.6. The second-order valence-electron chi connectivity index (χ2n) is 34.8. The van der Waals surface area contributed by atoms with E-state index in [-0.39, 0.29) is 84.8 Å². The first kappa shape index (κ1) is 100. The summed E-state index contributed by atoms with van der Waals surface area (Å²) in [6.45, 7) is 12.9. The van der Waals surface area contributed by atoms with Crippen molar-refractivity contribution in [2.45, 2.75) is 234 Å². The average molecular weight is 1870 g/mol. The van der Waals surface area contributed by atoms with E-state index in [2.05, 4.69) is 11.9 Å². The highest BCUT2D eigenvalue weighted by atomic mass is 35.6. The summed E-state index contributed by atoms with van der Waals surface area (Å²) >= 11 is 20.2. The number of nitrogens with one attached hydrogen (secondary N) is 1. The summed E-state index contributed by atoms with van der Waals surface area (Å²) in [5, 5.41) is 16.3. The maximum atomic E-state index is 15.7. The Balaban J connectivity index is 0.989. The number of ether oxygens (including phenoxy) is 19. The van der Waals surface area contributed by atoms with Crippen LogP contribution in [0.5, 0.6) is 0 Å². The number of unbranched alkanes of at least 4 members (excludes halogenated alkanes) is 1. The summed E-state index contributed by atoms with van der Waals surface area (Å²) in [7, 11) is 0. The SMILES string of the molecule is C=CCCCO[C@@H]1O[C@H](COCc2ccccc2)[C@@H](O[C@@H]2O[C@H](COCc3ccccc3)[C@H](OCc3ccccc3)[C@H](O[C@@H]3O[C@H](COCc4ccccc4)[C@@H](O[C@@H]4O[C@H](COCc5ccccc5)[C@H](OCc5ccccc5)[C@H](OCc5ccccc5)[C@H]4O)[C@H](OC(=O)c4ccccc4)[C@H]3NC(=O)C(Cl)(Cl)Cl)[C@H]2OC(=O)C(C)(C)C)[C@H](OCc2ccccc2)[C@H]1OC(=O)C(C)(C)C. The Labute approximate surface area is 786 Å². The molecule has 0 radical (unpaired) electrons. The minimum atomic E-state index is -2.81. The molecule has 704 valence electrons. The van der Waals surface area contributed by atoms with E-state index >= 15 is 14.4 Å². The number of rotatable bonds is 44. The normalized spacial score (nSPS) is 25.7. The van der Waals surface area contributed by atoms with Crippen LogP contribution >= 0.6 is 34.8 Å². The second-order valence-corrected chi connectivity index (χ2v) is 37.1. The van der Waals surface area contributed by atoms with Gasteiger partial charge in [0, 0.05) is 0 Å². The Morgan fingerprint density at radius 1 is 0.348 bits per heavy atom. The monoisotopic (exact) mass is 1870 g/mol. The van der Waals surface area contributed by atoms with E-state index in [1.807, 2.05) is 243 Å². The molecule has 0 aromatic heterocycles. The molecule has 132 heavy (non-hydrogen) atoms. The van der Waals surface area contributed by atoms with Crippen molar-refractivity contribution in [3.8, 4) is 0 Å². The van der Waals surface area contributed by atoms with Gasteiger partial charge in [-0.2, -0.15) is 0 Å². The lowest BCUT2D eigenvalue weighted by Gasteiger charge is -2.52. The summed E-state index contributed by atoms with van der Waals surface area (Å²) in [5.74, 6) is -3.73. The molecule has 0 aliphatic carbocycles. The zero-order valence-electron chi connectivity index (χ0n) is 74.9. The number of aliphatic hydroxyl groups is 1. The van der Waals surface area contributed by atoms with E-state index in [0.29, 0.717) is 18.4 Å². The van der Waals surface area contributed by atoms with Crippen LogP contribution in [0.4, 0.5) is 0 Å². The minimum absolute atomic E-state index is 0.0206. The molecule has 0 spiro atoms. The summed E-state index contributed by atoms with van der Waals surface area (Å²) in [6, 6.07) is 81.2. The number of alkyl halides is 3. The second kappa shape index (κ2) is 49.9. The lowest BCUT2D eigenvalue weighted by Crippen LogP contribution is -2.71. The lowest BCUT2D eigenvalue weighted by atomic mass is 9.93. The third kappa shape index (κ3) is 29.4. The van der Waals surface area contributed by atoms with Gasteiger partial charge in [0.2, 0.25) is 0 Å². The molecular formula is C104H118Cl3NO24. The molecule has 0 saturated carbocycles. The van der Waals surface area contributed by atoms with Gasteiger partial charge in [0.15, 0.2) is 43.5 Å². The largest absolute Gasteiger partial charge is 0.454 e. The van der Waals surface area contributed by atoms with Crippen molar-refractivity contribution in [1.82, 2.24) is 5.32 Å². The van der Waals surface area contributed by atoms with Crippen molar-refractivity contribution < 1.29 is 114 Å². The van der Waals surface area contributed by atoms with Crippen LogP contribution in [-0.4, -0.2) is 189 Å². The molecule has 4 aliphatic heterocycles. The van der Waals surface area contributed by atoms with Crippen molar-refractivity contribution >= 4 is 58.6 Å². The fourth-order valence-electron chi connectivity index (χ4n) is 15.4. The maximum absolute atomic E-state index is 15.7. The van der Waals surface area contributed by atoms with Crippen molar-refractivity contribution in [3.05, 3.63) is 336 Å². The van der Waals surface area contributed by atoms with Crippen molar-refractivity contribution in [1.29, 1.82) is 0 Å². The highest BCUT2D eigenvalue weighted by molar-refractivity contribution is 6.76. The predicted octanol–water partition coefficient (Wildman–Crippen LogP) is 16.6. The number of aliphatic hydroxyl groups excluding tert-OH is 1. The average Bonchev–Trinajstić information content (AvgIpc) is 0.750. The zero-order chi connectivity index (χ0) is 92.8. The molecule has 2 N–H and O–H groups in total. The van der Waals surface area contributed by atoms with Gasteiger partial charge in [0.1, 0.15) is 79.3 Å². The molecule has 4 fully saturated rings. The van der Waals surface area contributed by atoms with Crippen LogP contribution in [-0.2, 0) is 157 Å². The van der Waals surface area contributed by atoms with Crippen LogP contribution < -0.4 is 5.32 Å². The Morgan fingerprint density at radius 3 is 1.03 bits per heavy atom. The van der Waals surface area contributed by atoms with Crippen LogP contribution in [0.25, 0.3) is 0 Å². The van der Waals surface area contributed by atoms with Crippen molar-refractivity contribution in [2.75, 3.05) is 33.0 Å². The number of benzene rings is 9. The molecule has 4 aliphatic rings. The topological polar surface area (TPSA) is 276 Å². The number of esters is 3. The van der Waals surface area contributed by atoms with Crippen LogP contribution in [0, 0.1) is 10.8 Å². The molecule has 9 aromatic rings. The van der Waals surface area contributed by atoms with Gasteiger partial charge in [-0.25, -0.2) is 4.79 Å². The van der Waals surface area contributed by atoms with E-state index in [1.54, 1.807) is 65.8 Å². The molecule has 20 atom stereocenters. The third-order valence-electron chi connectivity index (χ3n) is 22.4. The molecule has 4 heterocycles. The smallest absolute Gasteiger partial charge is 0.338 e. The fraction of sp³-hybridized carbons (Fsp3) is 0.423. The molecule has 1 amide bonds. The van der Waals surface area contributed by atoms with Crippen LogP contribution in [0.1, 0.15) is 109 Å². The van der Waals surface area contributed by atoms with E-state index in [9.17, 15) is 9.90 Å². The summed E-state index contributed by atoms with van der Waals surface area (Å²) in [6.07, 6.45) is -26.8. The molecule has 9 aromatic carbocycles. The molecule has 4 saturated heterocycles. The Bertz CT molecular complexity index is 4920. The highest BCUT2D eigenvalue weighted by Crippen LogP contribution is 2.42. The van der Waals surface area contributed by atoms with E-state index in [4.69, 9.17) is 125 Å². The van der Waals surface area contributed by atoms with Gasteiger partial charge in [-0.05, 0) is 111 Å². The van der Waals surface area contributed by atoms with Crippen LogP contribution in [0.3, 0.4) is 0 Å². The number of carbonyl (C=O) groups excluding carboxylic acids is 4. The van der Waals surface area contributed by atoms with E-state index in [0.717, 1.165) is 38.9 Å². The summed E-state index contributed by atoms with van der Waals surface area (Å²) in [4.78, 5) is 61.6. The van der Waals surface area contributed by atoms with Gasteiger partial charge in [0.25, 0.3) is 9.70 Å². The van der Waals surface area contributed by atoms with Gasteiger partial charge in [-0.15, -0.1) is 6.58 Å². The minimum Gasteiger partial charge on any atom is -0.454 e. The molecular weight excluding hydrogens is 1750 g/mol. The first-order valence-corrected chi connectivity index (χ1v) is 45.7. The number of amides is 1. The van der Waals surface area contributed by atoms with Gasteiger partial charge in [-0.1, -0.05) is 302 Å².